The molecule has 0 saturated heterocycles. The van der Waals surface area contributed by atoms with E-state index in [1.807, 2.05) is 0 Å². The Morgan fingerprint density at radius 1 is 0.923 bits per heavy atom. The van der Waals surface area contributed by atoms with E-state index in [0.29, 0.717) is 0 Å². The Hall–Kier alpha value is 0.0931. The maximum Gasteiger partial charge on any atom is 3.00 e. The van der Waals surface area contributed by atoms with Gasteiger partial charge in [-0.2, -0.15) is 17.7 Å². The van der Waals surface area contributed by atoms with E-state index in [0.717, 1.165) is 5.92 Å². The van der Waals surface area contributed by atoms with Crippen LogP contribution in [0.3, 0.4) is 0 Å². The van der Waals surface area contributed by atoms with Gasteiger partial charge in [0, 0.05) is 0 Å². The molecule has 0 aromatic heterocycles. The summed E-state index contributed by atoms with van der Waals surface area (Å²) in [6.45, 7) is 0. The zero-order chi connectivity index (χ0) is 6.81. The summed E-state index contributed by atoms with van der Waals surface area (Å²) in [6.07, 6.45) is 5.72. The van der Waals surface area contributed by atoms with Gasteiger partial charge in [-0.1, -0.05) is 31.6 Å². The van der Waals surface area contributed by atoms with Gasteiger partial charge in [0.15, 0.2) is 0 Å². The fourth-order valence-electron chi connectivity index (χ4n) is 1.92. The maximum atomic E-state index is 2.26. The second-order valence-corrected chi connectivity index (χ2v) is 3.20. The fraction of sp³-hybridized carbons (Fsp3) is 0.500. The molecule has 0 N–H and O–H groups in total. The second kappa shape index (κ2) is 7.49. The summed E-state index contributed by atoms with van der Waals surface area (Å²) >= 11 is 0. The van der Waals surface area contributed by atoms with E-state index in [-0.39, 0.29) is 35.6 Å². The third-order valence-electron chi connectivity index (χ3n) is 2.52. The standard InChI is InChI=1S/C10H13.2FH.Zr/c1-2-6-9(5-1)10-7-3-4-8-10;;;/h1-2,5-6,10H,3-4,7-8H2;2*1H;/q-1;;;+3/p-2. The van der Waals surface area contributed by atoms with Gasteiger partial charge in [-0.3, -0.25) is 0 Å². The molecule has 0 amide bonds. The third kappa shape index (κ3) is 3.76. The van der Waals surface area contributed by atoms with Crippen molar-refractivity contribution in [3.8, 4) is 0 Å². The normalized spacial score (nSPS) is 15.4. The van der Waals surface area contributed by atoms with Crippen LogP contribution in [0.5, 0.6) is 0 Å². The molecule has 0 bridgehead atoms. The van der Waals surface area contributed by atoms with Crippen LogP contribution in [0, 0.1) is 0 Å². The second-order valence-electron chi connectivity index (χ2n) is 3.20. The monoisotopic (exact) mass is 261 g/mol. The molecule has 1 aliphatic rings. The summed E-state index contributed by atoms with van der Waals surface area (Å²) < 4.78 is 0. The van der Waals surface area contributed by atoms with Crippen molar-refractivity contribution >= 4 is 0 Å². The molecule has 0 nitrogen and oxygen atoms in total. The van der Waals surface area contributed by atoms with Gasteiger partial charge in [0.1, 0.15) is 0 Å². The minimum Gasteiger partial charge on any atom is -1.00 e. The maximum absolute atomic E-state index is 2.26. The summed E-state index contributed by atoms with van der Waals surface area (Å²) in [7, 11) is 0. The van der Waals surface area contributed by atoms with Gasteiger partial charge in [0.2, 0.25) is 0 Å². The molecule has 2 rings (SSSR count). The fourth-order valence-corrected chi connectivity index (χ4v) is 1.92. The van der Waals surface area contributed by atoms with Crippen LogP contribution in [0.1, 0.15) is 37.2 Å². The molecule has 0 atom stereocenters. The molecule has 3 heteroatoms. The molecule has 1 fully saturated rings. The van der Waals surface area contributed by atoms with Gasteiger partial charge in [-0.05, 0) is 0 Å². The molecular weight excluding hydrogens is 249 g/mol. The third-order valence-corrected chi connectivity index (χ3v) is 2.52. The number of hydrogen-bond acceptors (Lipinski definition) is 0. The zero-order valence-electron chi connectivity index (χ0n) is 7.47. The summed E-state index contributed by atoms with van der Waals surface area (Å²) in [4.78, 5) is 0. The van der Waals surface area contributed by atoms with Gasteiger partial charge in [-0.15, -0.1) is 0 Å². The minimum atomic E-state index is 0. The van der Waals surface area contributed by atoms with Crippen molar-refractivity contribution in [1.29, 1.82) is 0 Å². The zero-order valence-corrected chi connectivity index (χ0v) is 9.93. The Morgan fingerprint density at radius 2 is 1.38 bits per heavy atom. The van der Waals surface area contributed by atoms with Crippen LogP contribution < -0.4 is 9.41 Å². The van der Waals surface area contributed by atoms with E-state index < -0.39 is 0 Å². The van der Waals surface area contributed by atoms with Crippen LogP contribution in [-0.4, -0.2) is 0 Å². The van der Waals surface area contributed by atoms with E-state index in [1.165, 1.54) is 25.7 Å². The predicted molar refractivity (Wildman–Crippen MR) is 43.2 cm³/mol. The summed E-state index contributed by atoms with van der Waals surface area (Å²) in [6, 6.07) is 8.81. The molecule has 1 aromatic rings. The molecule has 0 unspecified atom stereocenters. The average Bonchev–Trinajstić information content (AvgIpc) is 2.59. The van der Waals surface area contributed by atoms with E-state index >= 15 is 0 Å². The van der Waals surface area contributed by atoms with E-state index in [2.05, 4.69) is 24.3 Å². The van der Waals surface area contributed by atoms with Crippen LogP contribution in [0.25, 0.3) is 0 Å². The topological polar surface area (TPSA) is 0 Å². The molecule has 0 aliphatic heterocycles. The first-order valence-corrected chi connectivity index (χ1v) is 4.18. The largest absolute Gasteiger partial charge is 3.00 e. The molecule has 0 spiro atoms. The molecule has 71 valence electrons. The Bertz CT molecular complexity index is 191. The van der Waals surface area contributed by atoms with Crippen LogP contribution >= 0.6 is 0 Å². The molecule has 1 aliphatic carbocycles. The van der Waals surface area contributed by atoms with E-state index in [4.69, 9.17) is 0 Å². The van der Waals surface area contributed by atoms with Crippen molar-refractivity contribution in [3.63, 3.8) is 0 Å². The van der Waals surface area contributed by atoms with Crippen LogP contribution in [-0.2, 0) is 26.2 Å². The van der Waals surface area contributed by atoms with Gasteiger partial charge < -0.3 is 9.41 Å². The van der Waals surface area contributed by atoms with Crippen molar-refractivity contribution in [1.82, 2.24) is 0 Å². The van der Waals surface area contributed by atoms with Crippen molar-refractivity contribution in [2.75, 3.05) is 0 Å². The number of hydrogen-bond donors (Lipinski definition) is 0. The molecule has 1 saturated carbocycles. The first kappa shape index (κ1) is 15.6. The predicted octanol–water partition coefficient (Wildman–Crippen LogP) is -2.93. The average molecular weight is 262 g/mol. The van der Waals surface area contributed by atoms with E-state index in [1.54, 1.807) is 5.56 Å². The molecule has 1 aromatic carbocycles. The van der Waals surface area contributed by atoms with Crippen molar-refractivity contribution < 1.29 is 35.6 Å². The Balaban J connectivity index is 0. The SMILES string of the molecule is [F-].[F-].[Zr+3].c1cc[c-](C2CCCC2)c1. The van der Waals surface area contributed by atoms with Crippen molar-refractivity contribution in [2.45, 2.75) is 31.6 Å². The Labute approximate surface area is 96.9 Å². The summed E-state index contributed by atoms with van der Waals surface area (Å²) in [5, 5.41) is 0. The Morgan fingerprint density at radius 3 is 1.85 bits per heavy atom. The molecule has 0 heterocycles. The molecular formula is C10H13F2Zr. The molecule has 13 heavy (non-hydrogen) atoms. The number of rotatable bonds is 1. The van der Waals surface area contributed by atoms with E-state index in [9.17, 15) is 0 Å². The Kier molecular flexibility index (Phi) is 8.97. The van der Waals surface area contributed by atoms with Gasteiger partial charge >= 0.3 is 26.2 Å². The minimum absolute atomic E-state index is 0. The van der Waals surface area contributed by atoms with Crippen molar-refractivity contribution in [3.05, 3.63) is 29.8 Å². The van der Waals surface area contributed by atoms with Gasteiger partial charge in [0.25, 0.3) is 0 Å². The number of halogens is 2. The first-order chi connectivity index (χ1) is 4.97. The van der Waals surface area contributed by atoms with Gasteiger partial charge in [0.05, 0.1) is 0 Å². The first-order valence-electron chi connectivity index (χ1n) is 4.18. The summed E-state index contributed by atoms with van der Waals surface area (Å²) in [5.41, 5.74) is 1.57. The smallest absolute Gasteiger partial charge is 1.00 e. The van der Waals surface area contributed by atoms with Gasteiger partial charge in [-0.25, -0.2) is 12.1 Å². The summed E-state index contributed by atoms with van der Waals surface area (Å²) in [5.74, 6) is 0.898. The van der Waals surface area contributed by atoms with Crippen LogP contribution in [0.2, 0.25) is 0 Å². The van der Waals surface area contributed by atoms with Crippen LogP contribution in [0.4, 0.5) is 0 Å². The quantitative estimate of drug-likeness (QED) is 0.476. The van der Waals surface area contributed by atoms with Crippen LogP contribution in [0.15, 0.2) is 24.3 Å². The molecule has 1 radical (unpaired) electrons. The van der Waals surface area contributed by atoms with Crippen molar-refractivity contribution in [2.24, 2.45) is 0 Å².